The topological polar surface area (TPSA) is 26.0 Å². The summed E-state index contributed by atoms with van der Waals surface area (Å²) >= 11 is 0. The molecule has 0 aromatic heterocycles. The van der Waals surface area contributed by atoms with Crippen LogP contribution in [0.2, 0.25) is 0 Å². The van der Waals surface area contributed by atoms with E-state index < -0.39 is 0 Å². The van der Waals surface area contributed by atoms with E-state index in [1.54, 1.807) is 0 Å². The van der Waals surface area contributed by atoms with E-state index in [4.69, 9.17) is 5.73 Å². The van der Waals surface area contributed by atoms with Gasteiger partial charge in [-0.2, -0.15) is 0 Å². The van der Waals surface area contributed by atoms with Gasteiger partial charge in [0.2, 0.25) is 0 Å². The van der Waals surface area contributed by atoms with Crippen molar-refractivity contribution in [1.82, 2.24) is 0 Å². The summed E-state index contributed by atoms with van der Waals surface area (Å²) in [5.41, 5.74) is 9.06. The number of nitrogens with two attached hydrogens (primary N) is 1. The molecule has 1 heteroatoms. The second-order valence-corrected chi connectivity index (χ2v) is 6.12. The van der Waals surface area contributed by atoms with E-state index in [9.17, 15) is 0 Å². The fraction of sp³-hybridized carbons (Fsp3) is 0.625. The molecule has 0 spiro atoms. The molecule has 1 saturated carbocycles. The van der Waals surface area contributed by atoms with Crippen molar-refractivity contribution in [3.63, 3.8) is 0 Å². The van der Waals surface area contributed by atoms with Crippen LogP contribution in [0, 0.1) is 18.8 Å². The van der Waals surface area contributed by atoms with Gasteiger partial charge in [-0.1, -0.05) is 49.6 Å². The predicted molar refractivity (Wildman–Crippen MR) is 73.8 cm³/mol. The van der Waals surface area contributed by atoms with Crippen LogP contribution in [-0.2, 0) is 5.54 Å². The molecule has 0 bridgehead atoms. The first kappa shape index (κ1) is 12.6. The van der Waals surface area contributed by atoms with Crippen LogP contribution < -0.4 is 5.73 Å². The summed E-state index contributed by atoms with van der Waals surface area (Å²) in [6.45, 7) is 6.69. The van der Waals surface area contributed by atoms with Crippen molar-refractivity contribution in [3.8, 4) is 0 Å². The van der Waals surface area contributed by atoms with Gasteiger partial charge in [0.15, 0.2) is 0 Å². The lowest BCUT2D eigenvalue weighted by Crippen LogP contribution is -2.43. The molecule has 1 aliphatic rings. The normalized spacial score (nSPS) is 28.7. The molecule has 1 fully saturated rings. The lowest BCUT2D eigenvalue weighted by atomic mass is 9.70. The Balaban J connectivity index is 2.19. The van der Waals surface area contributed by atoms with E-state index in [2.05, 4.69) is 45.0 Å². The highest BCUT2D eigenvalue weighted by Crippen LogP contribution is 2.39. The lowest BCUT2D eigenvalue weighted by molar-refractivity contribution is 0.185. The predicted octanol–water partition coefficient (Wildman–Crippen LogP) is 4.00. The summed E-state index contributed by atoms with van der Waals surface area (Å²) in [6, 6.07) is 8.75. The second kappa shape index (κ2) is 4.81. The third-order valence-electron chi connectivity index (χ3n) is 4.46. The number of aryl methyl sites for hydroxylation is 1. The van der Waals surface area contributed by atoms with Crippen molar-refractivity contribution in [2.75, 3.05) is 0 Å². The molecule has 3 unspecified atom stereocenters. The lowest BCUT2D eigenvalue weighted by Gasteiger charge is -2.39. The fourth-order valence-corrected chi connectivity index (χ4v) is 3.13. The van der Waals surface area contributed by atoms with Crippen LogP contribution in [0.4, 0.5) is 0 Å². The third kappa shape index (κ3) is 2.71. The molecule has 2 rings (SSSR count). The van der Waals surface area contributed by atoms with Crippen LogP contribution in [0.1, 0.15) is 50.7 Å². The molecule has 2 N–H and O–H groups in total. The molecule has 0 amide bonds. The second-order valence-electron chi connectivity index (χ2n) is 6.12. The van der Waals surface area contributed by atoms with Gasteiger partial charge in [0.05, 0.1) is 0 Å². The smallest absolute Gasteiger partial charge is 0.0409 e. The summed E-state index contributed by atoms with van der Waals surface area (Å²) in [5.74, 6) is 1.47. The SMILES string of the molecule is Cc1ccc(C(C)(N)C2CCCC(C)C2)cc1. The number of hydrogen-bond acceptors (Lipinski definition) is 1. The Morgan fingerprint density at radius 2 is 1.82 bits per heavy atom. The summed E-state index contributed by atoms with van der Waals surface area (Å²) < 4.78 is 0. The van der Waals surface area contributed by atoms with Crippen LogP contribution in [0.25, 0.3) is 0 Å². The molecule has 1 aromatic carbocycles. The van der Waals surface area contributed by atoms with Gasteiger partial charge in [0, 0.05) is 5.54 Å². The zero-order valence-corrected chi connectivity index (χ0v) is 11.4. The van der Waals surface area contributed by atoms with Gasteiger partial charge in [-0.3, -0.25) is 0 Å². The molecule has 17 heavy (non-hydrogen) atoms. The molecule has 0 saturated heterocycles. The minimum atomic E-state index is -0.164. The quantitative estimate of drug-likeness (QED) is 0.818. The molecule has 0 heterocycles. The molecule has 1 aliphatic carbocycles. The van der Waals surface area contributed by atoms with Gasteiger partial charge in [0.1, 0.15) is 0 Å². The van der Waals surface area contributed by atoms with E-state index in [-0.39, 0.29) is 5.54 Å². The Kier molecular flexibility index (Phi) is 3.58. The average molecular weight is 231 g/mol. The highest BCUT2D eigenvalue weighted by molar-refractivity contribution is 5.28. The highest BCUT2D eigenvalue weighted by Gasteiger charge is 2.34. The zero-order valence-electron chi connectivity index (χ0n) is 11.4. The van der Waals surface area contributed by atoms with Gasteiger partial charge in [-0.05, 0) is 44.1 Å². The maximum absolute atomic E-state index is 6.63. The van der Waals surface area contributed by atoms with Gasteiger partial charge in [0.25, 0.3) is 0 Å². The number of hydrogen-bond donors (Lipinski definition) is 1. The van der Waals surface area contributed by atoms with E-state index in [0.29, 0.717) is 5.92 Å². The molecular weight excluding hydrogens is 206 g/mol. The summed E-state index contributed by atoms with van der Waals surface area (Å²) in [7, 11) is 0. The first-order valence-corrected chi connectivity index (χ1v) is 6.86. The Bertz CT molecular complexity index is 364. The highest BCUT2D eigenvalue weighted by atomic mass is 14.7. The molecule has 94 valence electrons. The minimum absolute atomic E-state index is 0.164. The first-order chi connectivity index (χ1) is 8.00. The third-order valence-corrected chi connectivity index (χ3v) is 4.46. The standard InChI is InChI=1S/C16H25N/c1-12-7-9-14(10-8-12)16(3,17)15-6-4-5-13(2)11-15/h7-10,13,15H,4-6,11,17H2,1-3H3. The fourth-order valence-electron chi connectivity index (χ4n) is 3.13. The molecule has 0 radical (unpaired) electrons. The maximum Gasteiger partial charge on any atom is 0.0409 e. The van der Waals surface area contributed by atoms with Crippen LogP contribution in [0.3, 0.4) is 0 Å². The van der Waals surface area contributed by atoms with Crippen LogP contribution in [0.5, 0.6) is 0 Å². The maximum atomic E-state index is 6.63. The zero-order chi connectivity index (χ0) is 12.5. The van der Waals surface area contributed by atoms with Gasteiger partial charge < -0.3 is 5.73 Å². The van der Waals surface area contributed by atoms with Gasteiger partial charge in [-0.25, -0.2) is 0 Å². The van der Waals surface area contributed by atoms with E-state index in [0.717, 1.165) is 5.92 Å². The summed E-state index contributed by atoms with van der Waals surface area (Å²) in [6.07, 6.45) is 5.27. The van der Waals surface area contributed by atoms with E-state index in [1.807, 2.05) is 0 Å². The van der Waals surface area contributed by atoms with Gasteiger partial charge >= 0.3 is 0 Å². The Labute approximate surface area is 105 Å². The van der Waals surface area contributed by atoms with Crippen molar-refractivity contribution in [1.29, 1.82) is 0 Å². The van der Waals surface area contributed by atoms with Crippen LogP contribution in [-0.4, -0.2) is 0 Å². The molecule has 3 atom stereocenters. The Morgan fingerprint density at radius 3 is 2.41 bits per heavy atom. The van der Waals surface area contributed by atoms with Crippen molar-refractivity contribution in [3.05, 3.63) is 35.4 Å². The molecule has 1 aromatic rings. The van der Waals surface area contributed by atoms with Crippen molar-refractivity contribution in [2.24, 2.45) is 17.6 Å². The van der Waals surface area contributed by atoms with Crippen molar-refractivity contribution in [2.45, 2.75) is 52.0 Å². The first-order valence-electron chi connectivity index (χ1n) is 6.86. The number of rotatable bonds is 2. The Morgan fingerprint density at radius 1 is 1.18 bits per heavy atom. The summed E-state index contributed by atoms with van der Waals surface area (Å²) in [5, 5.41) is 0. The van der Waals surface area contributed by atoms with Crippen molar-refractivity contribution >= 4 is 0 Å². The van der Waals surface area contributed by atoms with Crippen molar-refractivity contribution < 1.29 is 0 Å². The van der Waals surface area contributed by atoms with E-state index in [1.165, 1.54) is 36.8 Å². The van der Waals surface area contributed by atoms with Crippen LogP contribution in [0.15, 0.2) is 24.3 Å². The summed E-state index contributed by atoms with van der Waals surface area (Å²) in [4.78, 5) is 0. The number of benzene rings is 1. The molecule has 1 nitrogen and oxygen atoms in total. The monoisotopic (exact) mass is 231 g/mol. The van der Waals surface area contributed by atoms with Crippen LogP contribution >= 0.6 is 0 Å². The van der Waals surface area contributed by atoms with E-state index >= 15 is 0 Å². The molecular formula is C16H25N. The largest absolute Gasteiger partial charge is 0.321 e. The molecule has 0 aliphatic heterocycles. The average Bonchev–Trinajstić information content (AvgIpc) is 2.29. The van der Waals surface area contributed by atoms with Gasteiger partial charge in [-0.15, -0.1) is 0 Å². The Hall–Kier alpha value is -0.820. The minimum Gasteiger partial charge on any atom is -0.321 e.